The molecule has 0 fully saturated rings. The van der Waals surface area contributed by atoms with Crippen molar-refractivity contribution in [1.29, 1.82) is 0 Å². The number of carboxylic acids is 1. The van der Waals surface area contributed by atoms with Gasteiger partial charge in [0.25, 0.3) is 0 Å². The van der Waals surface area contributed by atoms with Gasteiger partial charge in [0.15, 0.2) is 5.75 Å². The molecule has 0 spiro atoms. The summed E-state index contributed by atoms with van der Waals surface area (Å²) in [5.74, 6) is 0.00650. The average molecular weight is 413 g/mol. The topological polar surface area (TPSA) is 88.4 Å². The summed E-state index contributed by atoms with van der Waals surface area (Å²) >= 11 is 6.13. The predicted molar refractivity (Wildman–Crippen MR) is 115 cm³/mol. The molecule has 0 aliphatic carbocycles. The molecule has 29 heavy (non-hydrogen) atoms. The van der Waals surface area contributed by atoms with Crippen LogP contribution in [-0.2, 0) is 4.79 Å². The van der Waals surface area contributed by atoms with E-state index in [4.69, 9.17) is 26.4 Å². The number of anilines is 1. The highest BCUT2D eigenvalue weighted by molar-refractivity contribution is 6.30. The van der Waals surface area contributed by atoms with Crippen LogP contribution in [0.3, 0.4) is 0 Å². The van der Waals surface area contributed by atoms with E-state index in [2.05, 4.69) is 9.97 Å². The minimum absolute atomic E-state index is 0.479. The summed E-state index contributed by atoms with van der Waals surface area (Å²) in [7, 11) is 1.53. The van der Waals surface area contributed by atoms with E-state index in [0.717, 1.165) is 35.7 Å². The minimum atomic E-state index is -1.05. The van der Waals surface area contributed by atoms with E-state index in [1.807, 2.05) is 24.8 Å². The first-order chi connectivity index (χ1) is 14.0. The third-order valence-corrected chi connectivity index (χ3v) is 4.72. The summed E-state index contributed by atoms with van der Waals surface area (Å²) in [6, 6.07) is 3.62. The van der Waals surface area contributed by atoms with Crippen LogP contribution in [-0.4, -0.2) is 46.2 Å². The number of carboxylic acid groups (broad SMARTS) is 1. The SMILES string of the molecule is CCN(CC)c1ncc2c(-c3cncc(Cl)c3)cc(C=CC(=O)O)c(OC)c2n1. The van der Waals surface area contributed by atoms with Crippen LogP contribution in [0.25, 0.3) is 28.1 Å². The van der Waals surface area contributed by atoms with Crippen molar-refractivity contribution >= 4 is 40.5 Å². The van der Waals surface area contributed by atoms with Crippen molar-refractivity contribution in [2.45, 2.75) is 13.8 Å². The van der Waals surface area contributed by atoms with Crippen molar-refractivity contribution < 1.29 is 14.6 Å². The van der Waals surface area contributed by atoms with Gasteiger partial charge >= 0.3 is 5.97 Å². The Bertz CT molecular complexity index is 1080. The van der Waals surface area contributed by atoms with Crippen LogP contribution in [0.4, 0.5) is 5.95 Å². The molecule has 0 aliphatic rings. The Morgan fingerprint density at radius 1 is 1.24 bits per heavy atom. The van der Waals surface area contributed by atoms with Crippen molar-refractivity contribution in [3.63, 3.8) is 0 Å². The quantitative estimate of drug-likeness (QED) is 0.579. The second-order valence-corrected chi connectivity index (χ2v) is 6.65. The van der Waals surface area contributed by atoms with Gasteiger partial charge in [-0.05, 0) is 37.6 Å². The molecule has 1 aromatic carbocycles. The number of nitrogens with zero attached hydrogens (tertiary/aromatic N) is 4. The third kappa shape index (κ3) is 4.30. The lowest BCUT2D eigenvalue weighted by Crippen LogP contribution is -2.24. The van der Waals surface area contributed by atoms with Gasteiger partial charge in [-0.2, -0.15) is 0 Å². The summed E-state index contributed by atoms with van der Waals surface area (Å²) in [6.07, 6.45) is 7.55. The Morgan fingerprint density at radius 3 is 2.62 bits per heavy atom. The lowest BCUT2D eigenvalue weighted by Gasteiger charge is -2.20. The van der Waals surface area contributed by atoms with Gasteiger partial charge in [-0.3, -0.25) is 4.98 Å². The number of ether oxygens (including phenoxy) is 1. The van der Waals surface area contributed by atoms with E-state index in [9.17, 15) is 4.79 Å². The molecule has 0 saturated carbocycles. The van der Waals surface area contributed by atoms with Crippen LogP contribution in [0.1, 0.15) is 19.4 Å². The number of fused-ring (bicyclic) bond motifs is 1. The molecule has 7 nitrogen and oxygen atoms in total. The van der Waals surface area contributed by atoms with E-state index in [0.29, 0.717) is 27.8 Å². The molecule has 0 amide bonds. The van der Waals surface area contributed by atoms with Gasteiger partial charge in [-0.25, -0.2) is 14.8 Å². The Morgan fingerprint density at radius 2 is 2.00 bits per heavy atom. The van der Waals surface area contributed by atoms with E-state index in [1.54, 1.807) is 24.7 Å². The van der Waals surface area contributed by atoms with Crippen LogP contribution in [0, 0.1) is 0 Å². The number of carbonyl (C=O) groups is 1. The molecule has 0 radical (unpaired) electrons. The number of benzene rings is 1. The first-order valence-electron chi connectivity index (χ1n) is 9.13. The lowest BCUT2D eigenvalue weighted by atomic mass is 9.98. The molecular formula is C21H21ClN4O3. The molecule has 0 aliphatic heterocycles. The van der Waals surface area contributed by atoms with Crippen LogP contribution >= 0.6 is 11.6 Å². The lowest BCUT2D eigenvalue weighted by molar-refractivity contribution is -0.131. The average Bonchev–Trinajstić information content (AvgIpc) is 2.72. The highest BCUT2D eigenvalue weighted by Crippen LogP contribution is 2.38. The normalized spacial score (nSPS) is 11.2. The van der Waals surface area contributed by atoms with Gasteiger partial charge in [-0.15, -0.1) is 0 Å². The van der Waals surface area contributed by atoms with Gasteiger partial charge in [0.1, 0.15) is 5.52 Å². The number of hydrogen-bond acceptors (Lipinski definition) is 6. The molecule has 3 rings (SSSR count). The van der Waals surface area contributed by atoms with Gasteiger partial charge < -0.3 is 14.7 Å². The third-order valence-electron chi connectivity index (χ3n) is 4.52. The largest absolute Gasteiger partial charge is 0.494 e. The maximum atomic E-state index is 11.1. The number of hydrogen-bond donors (Lipinski definition) is 1. The van der Waals surface area contributed by atoms with E-state index in [1.165, 1.54) is 13.2 Å². The number of halogens is 1. The van der Waals surface area contributed by atoms with Crippen molar-refractivity contribution in [2.75, 3.05) is 25.1 Å². The zero-order valence-electron chi connectivity index (χ0n) is 16.4. The number of rotatable bonds is 7. The maximum absolute atomic E-state index is 11.1. The highest BCUT2D eigenvalue weighted by atomic mass is 35.5. The minimum Gasteiger partial charge on any atom is -0.494 e. The van der Waals surface area contributed by atoms with E-state index < -0.39 is 5.97 Å². The fraction of sp³-hybridized carbons (Fsp3) is 0.238. The summed E-state index contributed by atoms with van der Waals surface area (Å²) in [6.45, 7) is 5.58. The van der Waals surface area contributed by atoms with Crippen LogP contribution in [0.15, 0.2) is 36.8 Å². The van der Waals surface area contributed by atoms with Crippen molar-refractivity contribution in [2.24, 2.45) is 0 Å². The number of methoxy groups -OCH3 is 1. The standard InChI is InChI=1S/C21H21ClN4O3/c1-4-26(5-2)21-24-12-17-16(14-8-15(22)11-23-10-14)9-13(6-7-18(27)28)20(29-3)19(17)25-21/h6-12H,4-5H2,1-3H3,(H,27,28). The van der Waals surface area contributed by atoms with Crippen molar-refractivity contribution in [3.8, 4) is 16.9 Å². The van der Waals surface area contributed by atoms with E-state index >= 15 is 0 Å². The molecule has 1 N–H and O–H groups in total. The first-order valence-corrected chi connectivity index (χ1v) is 9.50. The van der Waals surface area contributed by atoms with Crippen LogP contribution < -0.4 is 9.64 Å². The summed E-state index contributed by atoms with van der Waals surface area (Å²) < 4.78 is 5.61. The maximum Gasteiger partial charge on any atom is 0.328 e. The zero-order valence-corrected chi connectivity index (χ0v) is 17.1. The fourth-order valence-electron chi connectivity index (χ4n) is 3.13. The van der Waals surface area contributed by atoms with Gasteiger partial charge in [-0.1, -0.05) is 11.6 Å². The predicted octanol–water partition coefficient (Wildman–Crippen LogP) is 4.30. The Labute approximate surface area is 173 Å². The molecule has 3 aromatic rings. The van der Waals surface area contributed by atoms with Crippen LogP contribution in [0.2, 0.25) is 5.02 Å². The molecule has 0 saturated heterocycles. The number of pyridine rings is 1. The monoisotopic (exact) mass is 412 g/mol. The van der Waals surface area contributed by atoms with Crippen molar-refractivity contribution in [3.05, 3.63) is 47.4 Å². The highest BCUT2D eigenvalue weighted by Gasteiger charge is 2.17. The molecule has 2 heterocycles. The smallest absolute Gasteiger partial charge is 0.328 e. The van der Waals surface area contributed by atoms with Gasteiger partial charge in [0, 0.05) is 54.3 Å². The Hall–Kier alpha value is -3.19. The summed E-state index contributed by atoms with van der Waals surface area (Å²) in [5, 5.41) is 10.3. The molecule has 8 heteroatoms. The molecule has 2 aromatic heterocycles. The van der Waals surface area contributed by atoms with Gasteiger partial charge in [0.2, 0.25) is 5.95 Å². The summed E-state index contributed by atoms with van der Waals surface area (Å²) in [4.78, 5) is 26.5. The van der Waals surface area contributed by atoms with Crippen LogP contribution in [0.5, 0.6) is 5.75 Å². The Kier molecular flexibility index (Phi) is 6.29. The number of aliphatic carboxylic acids is 1. The Balaban J connectivity index is 2.36. The van der Waals surface area contributed by atoms with E-state index in [-0.39, 0.29) is 0 Å². The molecule has 0 atom stereocenters. The zero-order chi connectivity index (χ0) is 21.0. The first kappa shape index (κ1) is 20.5. The van der Waals surface area contributed by atoms with Gasteiger partial charge in [0.05, 0.1) is 12.1 Å². The molecule has 150 valence electrons. The number of aromatic nitrogens is 3. The summed E-state index contributed by atoms with van der Waals surface area (Å²) in [5.41, 5.74) is 2.73. The molecule has 0 unspecified atom stereocenters. The fourth-order valence-corrected chi connectivity index (χ4v) is 3.31. The van der Waals surface area contributed by atoms with Crippen molar-refractivity contribution in [1.82, 2.24) is 15.0 Å². The molecular weight excluding hydrogens is 392 g/mol. The second-order valence-electron chi connectivity index (χ2n) is 6.21. The second kappa shape index (κ2) is 8.87. The molecule has 0 bridgehead atoms.